The highest BCUT2D eigenvalue weighted by Crippen LogP contribution is 2.26. The van der Waals surface area contributed by atoms with Crippen LogP contribution in [0.4, 0.5) is 0 Å². The second-order valence-corrected chi connectivity index (χ2v) is 8.12. The van der Waals surface area contributed by atoms with E-state index in [1.807, 2.05) is 0 Å². The lowest BCUT2D eigenvalue weighted by Crippen LogP contribution is -2.38. The maximum absolute atomic E-state index is 12.2. The Bertz CT molecular complexity index is 468. The third kappa shape index (κ3) is 4.96. The molecule has 0 aromatic carbocycles. The number of rotatable bonds is 4. The SMILES string of the molecule is O=C(CC1SC(=NC2CCCCC2)NC1=O)NC1CCCCC1. The molecule has 0 radical (unpaired) electrons. The minimum atomic E-state index is -0.319. The Labute approximate surface area is 142 Å². The van der Waals surface area contributed by atoms with Crippen LogP contribution in [0.5, 0.6) is 0 Å². The van der Waals surface area contributed by atoms with Gasteiger partial charge >= 0.3 is 0 Å². The number of nitrogens with one attached hydrogen (secondary N) is 2. The summed E-state index contributed by atoms with van der Waals surface area (Å²) in [5.41, 5.74) is 0. The van der Waals surface area contributed by atoms with Crippen LogP contribution in [0.2, 0.25) is 0 Å². The van der Waals surface area contributed by atoms with E-state index in [2.05, 4.69) is 15.6 Å². The van der Waals surface area contributed by atoms with Crippen molar-refractivity contribution < 1.29 is 9.59 Å². The summed E-state index contributed by atoms with van der Waals surface area (Å²) in [5.74, 6) is -0.0631. The predicted octanol–water partition coefficient (Wildman–Crippen LogP) is 2.75. The zero-order chi connectivity index (χ0) is 16.1. The van der Waals surface area contributed by atoms with E-state index >= 15 is 0 Å². The molecule has 2 saturated carbocycles. The van der Waals surface area contributed by atoms with Gasteiger partial charge in [-0.05, 0) is 25.7 Å². The van der Waals surface area contributed by atoms with Gasteiger partial charge in [0.15, 0.2) is 5.17 Å². The molecule has 1 saturated heterocycles. The molecule has 1 aliphatic heterocycles. The molecule has 5 nitrogen and oxygen atoms in total. The number of amidine groups is 1. The molecule has 128 valence electrons. The number of thioether (sulfide) groups is 1. The summed E-state index contributed by atoms with van der Waals surface area (Å²) < 4.78 is 0. The van der Waals surface area contributed by atoms with E-state index in [4.69, 9.17) is 0 Å². The first-order valence-electron chi connectivity index (χ1n) is 9.05. The Balaban J connectivity index is 1.47. The van der Waals surface area contributed by atoms with Crippen molar-refractivity contribution in [3.05, 3.63) is 0 Å². The summed E-state index contributed by atoms with van der Waals surface area (Å²) >= 11 is 1.43. The highest BCUT2D eigenvalue weighted by atomic mass is 32.2. The van der Waals surface area contributed by atoms with E-state index < -0.39 is 0 Å². The number of hydrogen-bond donors (Lipinski definition) is 2. The van der Waals surface area contributed by atoms with E-state index in [9.17, 15) is 9.59 Å². The number of carbonyl (C=O) groups is 2. The molecule has 1 heterocycles. The molecule has 1 atom stereocenters. The summed E-state index contributed by atoms with van der Waals surface area (Å²) in [6.07, 6.45) is 12.1. The van der Waals surface area contributed by atoms with Crippen molar-refractivity contribution in [1.82, 2.24) is 10.6 Å². The average Bonchev–Trinajstić information content (AvgIpc) is 2.88. The summed E-state index contributed by atoms with van der Waals surface area (Å²) in [6.45, 7) is 0. The van der Waals surface area contributed by atoms with Gasteiger partial charge in [-0.1, -0.05) is 50.3 Å². The van der Waals surface area contributed by atoms with Crippen LogP contribution in [0, 0.1) is 0 Å². The monoisotopic (exact) mass is 337 g/mol. The van der Waals surface area contributed by atoms with Gasteiger partial charge in [0.1, 0.15) is 5.25 Å². The van der Waals surface area contributed by atoms with Gasteiger partial charge in [0, 0.05) is 12.5 Å². The second-order valence-electron chi connectivity index (χ2n) is 6.93. The molecule has 0 aromatic rings. The van der Waals surface area contributed by atoms with Gasteiger partial charge in [-0.15, -0.1) is 0 Å². The van der Waals surface area contributed by atoms with Gasteiger partial charge in [-0.25, -0.2) is 0 Å². The Morgan fingerprint density at radius 2 is 1.74 bits per heavy atom. The highest BCUT2D eigenvalue weighted by Gasteiger charge is 2.33. The Hall–Kier alpha value is -1.04. The first kappa shape index (κ1) is 16.8. The van der Waals surface area contributed by atoms with Crippen molar-refractivity contribution in [3.63, 3.8) is 0 Å². The Morgan fingerprint density at radius 3 is 2.43 bits per heavy atom. The fraction of sp³-hybridized carbons (Fsp3) is 0.824. The molecule has 23 heavy (non-hydrogen) atoms. The Kier molecular flexibility index (Phi) is 5.97. The fourth-order valence-corrected chi connectivity index (χ4v) is 4.72. The standard InChI is InChI=1S/C17H27N3O2S/c21-15(18-12-7-3-1-4-8-12)11-14-16(22)20-17(23-14)19-13-9-5-2-6-10-13/h12-14H,1-11H2,(H,18,21)(H,19,20,22). The zero-order valence-electron chi connectivity index (χ0n) is 13.7. The number of aliphatic imine (C=N–C) groups is 1. The summed E-state index contributed by atoms with van der Waals surface area (Å²) in [6, 6.07) is 0.655. The molecule has 0 aromatic heterocycles. The lowest BCUT2D eigenvalue weighted by Gasteiger charge is -2.23. The van der Waals surface area contributed by atoms with Crippen LogP contribution in [-0.2, 0) is 9.59 Å². The number of nitrogens with zero attached hydrogens (tertiary/aromatic N) is 1. The topological polar surface area (TPSA) is 70.6 Å². The van der Waals surface area contributed by atoms with E-state index in [1.165, 1.54) is 50.3 Å². The Morgan fingerprint density at radius 1 is 1.09 bits per heavy atom. The van der Waals surface area contributed by atoms with Gasteiger partial charge in [-0.2, -0.15) is 0 Å². The van der Waals surface area contributed by atoms with Gasteiger partial charge in [0.2, 0.25) is 11.8 Å². The molecule has 2 N–H and O–H groups in total. The van der Waals surface area contributed by atoms with E-state index in [0.29, 0.717) is 12.1 Å². The van der Waals surface area contributed by atoms with Gasteiger partial charge in [-0.3, -0.25) is 14.6 Å². The van der Waals surface area contributed by atoms with E-state index in [1.54, 1.807) is 0 Å². The quantitative estimate of drug-likeness (QED) is 0.828. The minimum absolute atomic E-state index is 0.00321. The van der Waals surface area contributed by atoms with Crippen molar-refractivity contribution in [3.8, 4) is 0 Å². The molecular weight excluding hydrogens is 310 g/mol. The third-order valence-corrected chi connectivity index (χ3v) is 6.09. The normalized spacial score (nSPS) is 28.8. The van der Waals surface area contributed by atoms with Crippen molar-refractivity contribution >= 4 is 28.7 Å². The molecular formula is C17H27N3O2S. The largest absolute Gasteiger partial charge is 0.353 e. The molecule has 3 rings (SSSR count). The maximum atomic E-state index is 12.2. The van der Waals surface area contributed by atoms with Gasteiger partial charge in [0.05, 0.1) is 6.04 Å². The minimum Gasteiger partial charge on any atom is -0.353 e. The molecule has 3 aliphatic rings. The van der Waals surface area contributed by atoms with Crippen LogP contribution in [0.1, 0.15) is 70.6 Å². The van der Waals surface area contributed by atoms with Crippen molar-refractivity contribution in [2.24, 2.45) is 4.99 Å². The number of amides is 2. The maximum Gasteiger partial charge on any atom is 0.240 e. The highest BCUT2D eigenvalue weighted by molar-refractivity contribution is 8.15. The molecule has 6 heteroatoms. The van der Waals surface area contributed by atoms with Crippen LogP contribution in [0.3, 0.4) is 0 Å². The van der Waals surface area contributed by atoms with Crippen LogP contribution in [0.15, 0.2) is 4.99 Å². The van der Waals surface area contributed by atoms with Gasteiger partial charge < -0.3 is 10.6 Å². The summed E-state index contributed by atoms with van der Waals surface area (Å²) in [7, 11) is 0. The van der Waals surface area contributed by atoms with Crippen LogP contribution in [-0.4, -0.2) is 34.3 Å². The molecule has 0 bridgehead atoms. The fourth-order valence-electron chi connectivity index (χ4n) is 3.68. The number of carbonyl (C=O) groups excluding carboxylic acids is 2. The lowest BCUT2D eigenvalue weighted by atomic mass is 9.95. The summed E-state index contributed by atoms with van der Waals surface area (Å²) in [5, 5.41) is 6.35. The number of hydrogen-bond acceptors (Lipinski definition) is 4. The van der Waals surface area contributed by atoms with Crippen LogP contribution < -0.4 is 10.6 Å². The predicted molar refractivity (Wildman–Crippen MR) is 93.5 cm³/mol. The average molecular weight is 337 g/mol. The summed E-state index contributed by atoms with van der Waals surface area (Å²) in [4.78, 5) is 28.9. The molecule has 3 fully saturated rings. The van der Waals surface area contributed by atoms with Crippen LogP contribution in [0.25, 0.3) is 0 Å². The molecule has 2 aliphatic carbocycles. The molecule has 2 amide bonds. The lowest BCUT2D eigenvalue weighted by molar-refractivity contribution is -0.125. The first-order chi connectivity index (χ1) is 11.2. The van der Waals surface area contributed by atoms with Crippen molar-refractivity contribution in [2.75, 3.05) is 0 Å². The van der Waals surface area contributed by atoms with Crippen molar-refractivity contribution in [2.45, 2.75) is 88.0 Å². The molecule has 0 spiro atoms. The zero-order valence-corrected chi connectivity index (χ0v) is 14.5. The van der Waals surface area contributed by atoms with E-state index in [-0.39, 0.29) is 23.5 Å². The van der Waals surface area contributed by atoms with Gasteiger partial charge in [0.25, 0.3) is 0 Å². The molecule has 1 unspecified atom stereocenters. The van der Waals surface area contributed by atoms with E-state index in [0.717, 1.165) is 30.9 Å². The first-order valence-corrected chi connectivity index (χ1v) is 9.93. The third-order valence-electron chi connectivity index (χ3n) is 4.99. The smallest absolute Gasteiger partial charge is 0.240 e. The second kappa shape index (κ2) is 8.18. The van der Waals surface area contributed by atoms with Crippen molar-refractivity contribution in [1.29, 1.82) is 0 Å². The van der Waals surface area contributed by atoms with Crippen LogP contribution >= 0.6 is 11.8 Å².